The molecule has 1 saturated heterocycles. The van der Waals surface area contributed by atoms with Gasteiger partial charge in [-0.25, -0.2) is 13.2 Å². The molecule has 1 aromatic rings. The van der Waals surface area contributed by atoms with Crippen LogP contribution in [0.5, 0.6) is 0 Å². The number of amides is 2. The molecule has 2 aliphatic rings. The number of hydrogen-bond acceptors (Lipinski definition) is 3. The summed E-state index contributed by atoms with van der Waals surface area (Å²) in [7, 11) is -3.55. The Balaban J connectivity index is 1.63. The van der Waals surface area contributed by atoms with Gasteiger partial charge in [-0.15, -0.1) is 0 Å². The molecule has 2 amide bonds. The van der Waals surface area contributed by atoms with Crippen molar-refractivity contribution in [3.05, 3.63) is 29.3 Å². The van der Waals surface area contributed by atoms with Crippen LogP contribution in [0.25, 0.3) is 0 Å². The number of piperazine rings is 1. The van der Waals surface area contributed by atoms with Crippen molar-refractivity contribution < 1.29 is 13.2 Å². The quantitative estimate of drug-likeness (QED) is 0.904. The molecule has 1 aliphatic heterocycles. The third-order valence-electron chi connectivity index (χ3n) is 3.86. The van der Waals surface area contributed by atoms with Crippen molar-refractivity contribution in [1.29, 1.82) is 0 Å². The second-order valence-corrected chi connectivity index (χ2v) is 7.95. The van der Waals surface area contributed by atoms with Crippen LogP contribution in [0.4, 0.5) is 4.79 Å². The van der Waals surface area contributed by atoms with E-state index in [1.54, 1.807) is 17.0 Å². The van der Waals surface area contributed by atoms with Crippen LogP contribution in [0.3, 0.4) is 0 Å². The van der Waals surface area contributed by atoms with E-state index < -0.39 is 10.0 Å². The van der Waals surface area contributed by atoms with Crippen molar-refractivity contribution in [1.82, 2.24) is 14.5 Å². The summed E-state index contributed by atoms with van der Waals surface area (Å²) in [5.41, 5.74) is 0. The number of nitrogens with one attached hydrogen (secondary N) is 1. The fourth-order valence-electron chi connectivity index (χ4n) is 2.40. The summed E-state index contributed by atoms with van der Waals surface area (Å²) in [6.45, 7) is 1.40. The smallest absolute Gasteiger partial charge is 0.317 e. The lowest BCUT2D eigenvalue weighted by atomic mass is 10.4. The Kier molecular flexibility index (Phi) is 4.29. The largest absolute Gasteiger partial charge is 0.335 e. The number of nitrogens with zero attached hydrogens (tertiary/aromatic N) is 2. The first-order valence-electron chi connectivity index (χ1n) is 7.28. The second-order valence-electron chi connectivity index (χ2n) is 5.57. The van der Waals surface area contributed by atoms with Gasteiger partial charge in [-0.05, 0) is 31.0 Å². The molecular formula is C14H18ClN3O3S. The van der Waals surface area contributed by atoms with Crippen LogP contribution in [0.15, 0.2) is 29.2 Å². The maximum Gasteiger partial charge on any atom is 0.317 e. The summed E-state index contributed by atoms with van der Waals surface area (Å²) in [5.74, 6) is 0. The molecule has 0 atom stereocenters. The average molecular weight is 344 g/mol. The number of rotatable bonds is 3. The fraction of sp³-hybridized carbons (Fsp3) is 0.500. The summed E-state index contributed by atoms with van der Waals surface area (Å²) in [6, 6.07) is 6.45. The van der Waals surface area contributed by atoms with Gasteiger partial charge in [0.05, 0.1) is 4.90 Å². The molecule has 0 radical (unpaired) electrons. The van der Waals surface area contributed by atoms with Crippen LogP contribution in [-0.4, -0.2) is 55.9 Å². The molecule has 0 bridgehead atoms. The second kappa shape index (κ2) is 6.06. The molecule has 1 saturated carbocycles. The Morgan fingerprint density at radius 2 is 1.86 bits per heavy atom. The number of sulfonamides is 1. The van der Waals surface area contributed by atoms with E-state index in [9.17, 15) is 13.2 Å². The highest BCUT2D eigenvalue weighted by molar-refractivity contribution is 7.89. The number of carbonyl (C=O) groups is 1. The zero-order chi connectivity index (χ0) is 15.7. The van der Waals surface area contributed by atoms with Gasteiger partial charge in [-0.2, -0.15) is 4.31 Å². The average Bonchev–Trinajstić information content (AvgIpc) is 3.31. The van der Waals surface area contributed by atoms with E-state index in [2.05, 4.69) is 5.32 Å². The molecule has 6 nitrogen and oxygen atoms in total. The lowest BCUT2D eigenvalue weighted by molar-refractivity contribution is 0.172. The molecule has 120 valence electrons. The summed E-state index contributed by atoms with van der Waals surface area (Å²) in [5, 5.41) is 3.31. The van der Waals surface area contributed by atoms with Gasteiger partial charge in [-0.1, -0.05) is 17.7 Å². The van der Waals surface area contributed by atoms with E-state index in [0.717, 1.165) is 12.8 Å². The molecule has 1 N–H and O–H groups in total. The van der Waals surface area contributed by atoms with Crippen molar-refractivity contribution >= 4 is 27.7 Å². The van der Waals surface area contributed by atoms with Crippen molar-refractivity contribution in [2.45, 2.75) is 23.8 Å². The molecule has 3 rings (SSSR count). The minimum atomic E-state index is -3.55. The summed E-state index contributed by atoms with van der Waals surface area (Å²) in [4.78, 5) is 13.8. The first kappa shape index (κ1) is 15.6. The maximum absolute atomic E-state index is 12.6. The van der Waals surface area contributed by atoms with E-state index in [-0.39, 0.29) is 10.9 Å². The summed E-state index contributed by atoms with van der Waals surface area (Å²) < 4.78 is 26.5. The topological polar surface area (TPSA) is 69.7 Å². The molecule has 1 heterocycles. The predicted molar refractivity (Wildman–Crippen MR) is 83.3 cm³/mol. The van der Waals surface area contributed by atoms with E-state index in [1.807, 2.05) is 0 Å². The van der Waals surface area contributed by atoms with Crippen LogP contribution in [0, 0.1) is 0 Å². The van der Waals surface area contributed by atoms with Gasteiger partial charge in [0.25, 0.3) is 0 Å². The Bertz CT molecular complexity index is 668. The van der Waals surface area contributed by atoms with Gasteiger partial charge < -0.3 is 10.2 Å². The van der Waals surface area contributed by atoms with Gasteiger partial charge in [0.15, 0.2) is 0 Å². The molecule has 2 fully saturated rings. The van der Waals surface area contributed by atoms with Crippen molar-refractivity contribution in [2.24, 2.45) is 0 Å². The molecule has 0 spiro atoms. The Hall–Kier alpha value is -1.31. The minimum Gasteiger partial charge on any atom is -0.335 e. The first-order chi connectivity index (χ1) is 10.5. The third-order valence-corrected chi connectivity index (χ3v) is 5.99. The van der Waals surface area contributed by atoms with Crippen molar-refractivity contribution in [3.8, 4) is 0 Å². The van der Waals surface area contributed by atoms with Gasteiger partial charge >= 0.3 is 6.03 Å². The maximum atomic E-state index is 12.6. The van der Waals surface area contributed by atoms with Gasteiger partial charge in [0.2, 0.25) is 10.0 Å². The predicted octanol–water partition coefficient (Wildman–Crippen LogP) is 1.52. The zero-order valence-electron chi connectivity index (χ0n) is 12.0. The minimum absolute atomic E-state index is 0.0951. The van der Waals surface area contributed by atoms with Gasteiger partial charge in [-0.3, -0.25) is 0 Å². The zero-order valence-corrected chi connectivity index (χ0v) is 13.6. The Morgan fingerprint density at radius 1 is 1.18 bits per heavy atom. The normalized spacial score (nSPS) is 20.0. The fourth-order valence-corrected chi connectivity index (χ4v) is 4.13. The monoisotopic (exact) mass is 343 g/mol. The number of urea groups is 1. The van der Waals surface area contributed by atoms with E-state index in [0.29, 0.717) is 37.2 Å². The van der Waals surface area contributed by atoms with Crippen molar-refractivity contribution in [3.63, 3.8) is 0 Å². The standard InChI is InChI=1S/C14H18ClN3O3S/c15-11-2-1-3-13(10-11)22(20,21)18-8-6-17(7-9-18)14(19)16-12-4-5-12/h1-3,10,12H,4-9H2,(H,16,19). The highest BCUT2D eigenvalue weighted by Gasteiger charge is 2.32. The number of halogens is 1. The van der Waals surface area contributed by atoms with Crippen LogP contribution in [0.1, 0.15) is 12.8 Å². The van der Waals surface area contributed by atoms with E-state index in [1.165, 1.54) is 16.4 Å². The van der Waals surface area contributed by atoms with Crippen LogP contribution >= 0.6 is 11.6 Å². The molecular weight excluding hydrogens is 326 g/mol. The van der Waals surface area contributed by atoms with Crippen LogP contribution in [0.2, 0.25) is 5.02 Å². The third kappa shape index (κ3) is 3.37. The van der Waals surface area contributed by atoms with Gasteiger partial charge in [0, 0.05) is 37.2 Å². The molecule has 1 aliphatic carbocycles. The highest BCUT2D eigenvalue weighted by Crippen LogP contribution is 2.22. The molecule has 0 unspecified atom stereocenters. The lowest BCUT2D eigenvalue weighted by Crippen LogP contribution is -2.53. The van der Waals surface area contributed by atoms with Crippen molar-refractivity contribution in [2.75, 3.05) is 26.2 Å². The molecule has 22 heavy (non-hydrogen) atoms. The van der Waals surface area contributed by atoms with E-state index >= 15 is 0 Å². The first-order valence-corrected chi connectivity index (χ1v) is 9.10. The molecule has 1 aromatic carbocycles. The SMILES string of the molecule is O=C(NC1CC1)N1CCN(S(=O)(=O)c2cccc(Cl)c2)CC1. The lowest BCUT2D eigenvalue weighted by Gasteiger charge is -2.34. The highest BCUT2D eigenvalue weighted by atomic mass is 35.5. The summed E-state index contributed by atoms with van der Waals surface area (Å²) >= 11 is 5.86. The van der Waals surface area contributed by atoms with Gasteiger partial charge in [0.1, 0.15) is 0 Å². The summed E-state index contributed by atoms with van der Waals surface area (Å²) in [6.07, 6.45) is 2.07. The Morgan fingerprint density at radius 3 is 2.45 bits per heavy atom. The Labute approximate surface area is 135 Å². The molecule has 8 heteroatoms. The number of hydrogen-bond donors (Lipinski definition) is 1. The van der Waals surface area contributed by atoms with Crippen LogP contribution in [-0.2, 0) is 10.0 Å². The molecule has 0 aromatic heterocycles. The van der Waals surface area contributed by atoms with Crippen LogP contribution < -0.4 is 5.32 Å². The number of carbonyl (C=O) groups excluding carboxylic acids is 1. The van der Waals surface area contributed by atoms with E-state index in [4.69, 9.17) is 11.6 Å². The number of benzene rings is 1.